The Bertz CT molecular complexity index is 890. The minimum Gasteiger partial charge on any atom is -0.326 e. The lowest BCUT2D eigenvalue weighted by atomic mass is 10.1. The van der Waals surface area contributed by atoms with Crippen LogP contribution in [0.25, 0.3) is 0 Å². The maximum atomic E-state index is 12.8. The molecule has 0 bridgehead atoms. The van der Waals surface area contributed by atoms with Crippen LogP contribution >= 0.6 is 0 Å². The topological polar surface area (TPSA) is 92.3 Å². The van der Waals surface area contributed by atoms with Gasteiger partial charge in [-0.05, 0) is 42.5 Å². The molecule has 0 saturated heterocycles. The summed E-state index contributed by atoms with van der Waals surface area (Å²) in [5, 5.41) is 4.74. The monoisotopic (exact) mass is 340 g/mol. The molecular weight excluding hydrogens is 327 g/mol. The van der Waals surface area contributed by atoms with Crippen molar-refractivity contribution >= 4 is 29.2 Å². The van der Waals surface area contributed by atoms with Gasteiger partial charge in [0, 0.05) is 24.1 Å². The number of imide groups is 1. The Balaban J connectivity index is 1.59. The van der Waals surface area contributed by atoms with Crippen LogP contribution in [0.5, 0.6) is 0 Å². The van der Waals surface area contributed by atoms with Gasteiger partial charge >= 0.3 is 0 Å². The number of amides is 3. The van der Waals surface area contributed by atoms with Crippen LogP contribution in [0.4, 0.5) is 10.1 Å². The van der Waals surface area contributed by atoms with E-state index in [1.54, 1.807) is 0 Å². The number of hydrogen-bond donors (Lipinski definition) is 2. The molecule has 126 valence electrons. The SMILES string of the molecule is O=C(CCC(=O)c1ccc(F)cc1)Nc1ccc2c(c1)C(=O)NC2=O. The summed E-state index contributed by atoms with van der Waals surface area (Å²) in [4.78, 5) is 47.0. The molecule has 0 atom stereocenters. The molecule has 0 radical (unpaired) electrons. The van der Waals surface area contributed by atoms with E-state index < -0.39 is 23.5 Å². The predicted molar refractivity (Wildman–Crippen MR) is 86.8 cm³/mol. The average Bonchev–Trinajstić information content (AvgIpc) is 2.87. The molecule has 1 aliphatic heterocycles. The maximum Gasteiger partial charge on any atom is 0.259 e. The molecule has 3 amide bonds. The van der Waals surface area contributed by atoms with Gasteiger partial charge in [-0.25, -0.2) is 4.39 Å². The highest BCUT2D eigenvalue weighted by Crippen LogP contribution is 2.20. The van der Waals surface area contributed by atoms with Crippen molar-refractivity contribution in [2.45, 2.75) is 12.8 Å². The summed E-state index contributed by atoms with van der Waals surface area (Å²) >= 11 is 0. The zero-order valence-electron chi connectivity index (χ0n) is 13.0. The van der Waals surface area contributed by atoms with E-state index in [2.05, 4.69) is 10.6 Å². The largest absolute Gasteiger partial charge is 0.326 e. The molecule has 7 heteroatoms. The number of rotatable bonds is 5. The fourth-order valence-electron chi connectivity index (χ4n) is 2.48. The lowest BCUT2D eigenvalue weighted by Gasteiger charge is -2.06. The van der Waals surface area contributed by atoms with Gasteiger partial charge in [-0.3, -0.25) is 24.5 Å². The van der Waals surface area contributed by atoms with Gasteiger partial charge in [-0.1, -0.05) is 0 Å². The minimum atomic E-state index is -0.511. The summed E-state index contributed by atoms with van der Waals surface area (Å²) in [5.74, 6) is -2.09. The van der Waals surface area contributed by atoms with Gasteiger partial charge in [-0.2, -0.15) is 0 Å². The van der Waals surface area contributed by atoms with Crippen molar-refractivity contribution in [2.75, 3.05) is 5.32 Å². The van der Waals surface area contributed by atoms with Gasteiger partial charge in [-0.15, -0.1) is 0 Å². The first kappa shape index (κ1) is 16.5. The van der Waals surface area contributed by atoms with Gasteiger partial charge in [0.1, 0.15) is 5.82 Å². The first-order valence-electron chi connectivity index (χ1n) is 7.52. The van der Waals surface area contributed by atoms with E-state index in [9.17, 15) is 23.6 Å². The molecule has 2 aromatic carbocycles. The summed E-state index contributed by atoms with van der Waals surface area (Å²) in [6, 6.07) is 9.48. The maximum absolute atomic E-state index is 12.8. The molecule has 2 aromatic rings. The van der Waals surface area contributed by atoms with Crippen molar-refractivity contribution in [3.8, 4) is 0 Å². The standard InChI is InChI=1S/C18H13FN2O4/c19-11-3-1-10(2-4-11)15(22)7-8-16(23)20-12-5-6-13-14(9-12)18(25)21-17(13)24/h1-6,9H,7-8H2,(H,20,23)(H,21,24,25). The number of ketones is 1. The van der Waals surface area contributed by atoms with E-state index >= 15 is 0 Å². The molecule has 3 rings (SSSR count). The predicted octanol–water partition coefficient (Wildman–Crippen LogP) is 2.31. The molecule has 2 N–H and O–H groups in total. The second kappa shape index (κ2) is 6.64. The van der Waals surface area contributed by atoms with Gasteiger partial charge in [0.15, 0.2) is 5.78 Å². The fourth-order valence-corrected chi connectivity index (χ4v) is 2.48. The van der Waals surface area contributed by atoms with Crippen molar-refractivity contribution in [1.29, 1.82) is 0 Å². The van der Waals surface area contributed by atoms with E-state index in [1.807, 2.05) is 0 Å². The lowest BCUT2D eigenvalue weighted by Crippen LogP contribution is -2.19. The third kappa shape index (κ3) is 3.60. The van der Waals surface area contributed by atoms with Crippen LogP contribution in [-0.2, 0) is 4.79 Å². The molecule has 0 spiro atoms. The number of carbonyl (C=O) groups is 4. The van der Waals surface area contributed by atoms with E-state index in [0.717, 1.165) is 0 Å². The number of carbonyl (C=O) groups excluding carboxylic acids is 4. The zero-order valence-corrected chi connectivity index (χ0v) is 13.0. The van der Waals surface area contributed by atoms with E-state index in [-0.39, 0.29) is 29.8 Å². The number of hydrogen-bond acceptors (Lipinski definition) is 4. The molecule has 6 nitrogen and oxygen atoms in total. The van der Waals surface area contributed by atoms with E-state index in [1.165, 1.54) is 42.5 Å². The summed E-state index contributed by atoms with van der Waals surface area (Å²) in [5.41, 5.74) is 1.16. The Morgan fingerprint density at radius 2 is 1.60 bits per heavy atom. The highest BCUT2D eigenvalue weighted by molar-refractivity contribution is 6.22. The molecule has 0 aromatic heterocycles. The number of Topliss-reactive ketones (excluding diaryl/α,β-unsaturated/α-hetero) is 1. The summed E-state index contributed by atoms with van der Waals surface area (Å²) in [6.45, 7) is 0. The lowest BCUT2D eigenvalue weighted by molar-refractivity contribution is -0.116. The zero-order chi connectivity index (χ0) is 18.0. The van der Waals surface area contributed by atoms with Crippen LogP contribution in [0.2, 0.25) is 0 Å². The van der Waals surface area contributed by atoms with Crippen molar-refractivity contribution < 1.29 is 23.6 Å². The fraction of sp³-hybridized carbons (Fsp3) is 0.111. The molecule has 0 fully saturated rings. The van der Waals surface area contributed by atoms with Crippen LogP contribution in [-0.4, -0.2) is 23.5 Å². The smallest absolute Gasteiger partial charge is 0.259 e. The van der Waals surface area contributed by atoms with Crippen molar-refractivity contribution in [3.05, 3.63) is 65.0 Å². The Kier molecular flexibility index (Phi) is 4.38. The highest BCUT2D eigenvalue weighted by Gasteiger charge is 2.26. The van der Waals surface area contributed by atoms with Crippen molar-refractivity contribution in [3.63, 3.8) is 0 Å². The Labute approximate surface area is 142 Å². The number of fused-ring (bicyclic) bond motifs is 1. The summed E-state index contributed by atoms with van der Waals surface area (Å²) < 4.78 is 12.8. The Morgan fingerprint density at radius 1 is 0.920 bits per heavy atom. The van der Waals surface area contributed by atoms with Crippen LogP contribution in [0.1, 0.15) is 43.9 Å². The second-order valence-electron chi connectivity index (χ2n) is 5.52. The third-order valence-electron chi connectivity index (χ3n) is 3.76. The van der Waals surface area contributed by atoms with Crippen LogP contribution in [0.15, 0.2) is 42.5 Å². The first-order chi connectivity index (χ1) is 11.9. The van der Waals surface area contributed by atoms with Gasteiger partial charge in [0.25, 0.3) is 11.8 Å². The Hall–Kier alpha value is -3.35. The number of benzene rings is 2. The van der Waals surface area contributed by atoms with Crippen LogP contribution < -0.4 is 10.6 Å². The van der Waals surface area contributed by atoms with Gasteiger partial charge in [0.2, 0.25) is 5.91 Å². The first-order valence-corrected chi connectivity index (χ1v) is 7.52. The third-order valence-corrected chi connectivity index (χ3v) is 3.76. The van der Waals surface area contributed by atoms with Gasteiger partial charge < -0.3 is 5.32 Å². The molecule has 25 heavy (non-hydrogen) atoms. The molecule has 0 unspecified atom stereocenters. The van der Waals surface area contributed by atoms with Crippen LogP contribution in [0.3, 0.4) is 0 Å². The van der Waals surface area contributed by atoms with Gasteiger partial charge in [0.05, 0.1) is 11.1 Å². The average molecular weight is 340 g/mol. The number of nitrogens with one attached hydrogen (secondary N) is 2. The van der Waals surface area contributed by atoms with Crippen molar-refractivity contribution in [2.24, 2.45) is 0 Å². The second-order valence-corrected chi connectivity index (χ2v) is 5.52. The molecule has 0 aliphatic carbocycles. The summed E-state index contributed by atoms with van der Waals surface area (Å²) in [7, 11) is 0. The normalized spacial score (nSPS) is 12.5. The number of anilines is 1. The molecule has 0 saturated carbocycles. The molecule has 1 aliphatic rings. The Morgan fingerprint density at radius 3 is 2.32 bits per heavy atom. The molecular formula is C18H13FN2O4. The minimum absolute atomic E-state index is 0.0264. The quantitative estimate of drug-likeness (QED) is 0.645. The van der Waals surface area contributed by atoms with Crippen LogP contribution in [0, 0.1) is 5.82 Å². The number of halogens is 1. The molecule has 1 heterocycles. The van der Waals surface area contributed by atoms with E-state index in [0.29, 0.717) is 11.3 Å². The highest BCUT2D eigenvalue weighted by atomic mass is 19.1. The van der Waals surface area contributed by atoms with Crippen molar-refractivity contribution in [1.82, 2.24) is 5.32 Å². The van der Waals surface area contributed by atoms with E-state index in [4.69, 9.17) is 0 Å². The summed E-state index contributed by atoms with van der Waals surface area (Å²) in [6.07, 6.45) is -0.0835.